The van der Waals surface area contributed by atoms with Crippen LogP contribution in [0.15, 0.2) is 58.8 Å². The SMILES string of the molecule is CCC1=C(C#N)C(=O)N(C)C(=O)C1=CC=C1N(C)c2ccccc2C1(C)C. The van der Waals surface area contributed by atoms with Gasteiger partial charge < -0.3 is 4.90 Å². The maximum Gasteiger partial charge on any atom is 0.271 e. The molecule has 0 radical (unpaired) electrons. The maximum atomic E-state index is 12.7. The molecule has 0 aromatic heterocycles. The summed E-state index contributed by atoms with van der Waals surface area (Å²) in [5, 5.41) is 9.39. The first-order chi connectivity index (χ1) is 12.8. The van der Waals surface area contributed by atoms with Gasteiger partial charge in [0.2, 0.25) is 0 Å². The number of carbonyl (C=O) groups excluding carboxylic acids is 2. The maximum absolute atomic E-state index is 12.7. The fourth-order valence-corrected chi connectivity index (χ4v) is 3.95. The summed E-state index contributed by atoms with van der Waals surface area (Å²) >= 11 is 0. The van der Waals surface area contributed by atoms with Crippen molar-refractivity contribution in [3.63, 3.8) is 0 Å². The van der Waals surface area contributed by atoms with E-state index in [4.69, 9.17) is 0 Å². The number of allylic oxidation sites excluding steroid dienone is 3. The van der Waals surface area contributed by atoms with E-state index in [9.17, 15) is 14.9 Å². The number of likely N-dealkylation sites (N-methyl/N-ethyl adjacent to an activating group) is 2. The lowest BCUT2D eigenvalue weighted by Crippen LogP contribution is -2.40. The molecular weight excluding hydrogens is 338 g/mol. The number of hydrogen-bond acceptors (Lipinski definition) is 4. The molecule has 0 bridgehead atoms. The van der Waals surface area contributed by atoms with Crippen molar-refractivity contribution < 1.29 is 9.59 Å². The molecule has 0 saturated heterocycles. The summed E-state index contributed by atoms with van der Waals surface area (Å²) < 4.78 is 0. The number of para-hydroxylation sites is 1. The van der Waals surface area contributed by atoms with Crippen LogP contribution in [0.1, 0.15) is 32.8 Å². The molecule has 138 valence electrons. The molecule has 3 rings (SSSR count). The van der Waals surface area contributed by atoms with Gasteiger partial charge in [0.15, 0.2) is 0 Å². The molecule has 0 spiro atoms. The number of anilines is 1. The second kappa shape index (κ2) is 6.55. The fourth-order valence-electron chi connectivity index (χ4n) is 3.95. The van der Waals surface area contributed by atoms with Crippen LogP contribution in [0, 0.1) is 11.3 Å². The summed E-state index contributed by atoms with van der Waals surface area (Å²) in [6, 6.07) is 10.2. The number of nitriles is 1. The zero-order valence-electron chi connectivity index (χ0n) is 16.3. The van der Waals surface area contributed by atoms with Crippen LogP contribution in [-0.4, -0.2) is 30.8 Å². The van der Waals surface area contributed by atoms with Gasteiger partial charge >= 0.3 is 0 Å². The Hall–Kier alpha value is -3.13. The van der Waals surface area contributed by atoms with Gasteiger partial charge in [-0.15, -0.1) is 0 Å². The van der Waals surface area contributed by atoms with E-state index in [1.165, 1.54) is 12.6 Å². The molecule has 5 nitrogen and oxygen atoms in total. The normalized spacial score (nSPS) is 21.9. The summed E-state index contributed by atoms with van der Waals surface area (Å²) in [7, 11) is 3.42. The Morgan fingerprint density at radius 1 is 1.07 bits per heavy atom. The number of fused-ring (bicyclic) bond motifs is 1. The van der Waals surface area contributed by atoms with Crippen LogP contribution < -0.4 is 4.90 Å². The van der Waals surface area contributed by atoms with Crippen molar-refractivity contribution in [2.24, 2.45) is 0 Å². The summed E-state index contributed by atoms with van der Waals surface area (Å²) in [5.41, 5.74) is 4.17. The van der Waals surface area contributed by atoms with Gasteiger partial charge in [-0.1, -0.05) is 39.0 Å². The van der Waals surface area contributed by atoms with E-state index in [0.29, 0.717) is 17.6 Å². The number of amides is 2. The van der Waals surface area contributed by atoms with Crippen molar-refractivity contribution in [1.29, 1.82) is 5.26 Å². The van der Waals surface area contributed by atoms with E-state index in [1.54, 1.807) is 6.08 Å². The summed E-state index contributed by atoms with van der Waals surface area (Å²) in [4.78, 5) is 28.0. The molecule has 0 N–H and O–H groups in total. The van der Waals surface area contributed by atoms with E-state index < -0.39 is 5.91 Å². The van der Waals surface area contributed by atoms with Gasteiger partial charge in [0, 0.05) is 36.5 Å². The number of benzene rings is 1. The van der Waals surface area contributed by atoms with Crippen LogP contribution in [0.2, 0.25) is 0 Å². The quantitative estimate of drug-likeness (QED) is 0.598. The van der Waals surface area contributed by atoms with Gasteiger partial charge in [0.05, 0.1) is 0 Å². The summed E-state index contributed by atoms with van der Waals surface area (Å²) in [6.45, 7) is 6.14. The Labute approximate surface area is 159 Å². The summed E-state index contributed by atoms with van der Waals surface area (Å²) in [5.74, 6) is -0.904. The Morgan fingerprint density at radius 3 is 2.33 bits per heavy atom. The van der Waals surface area contributed by atoms with Crippen molar-refractivity contribution >= 4 is 17.5 Å². The average molecular weight is 361 g/mol. The average Bonchev–Trinajstić information content (AvgIpc) is 2.85. The van der Waals surface area contributed by atoms with Crippen LogP contribution in [0.4, 0.5) is 5.69 Å². The third-order valence-electron chi connectivity index (χ3n) is 5.49. The minimum atomic E-state index is -0.533. The smallest absolute Gasteiger partial charge is 0.271 e. The number of nitrogens with zero attached hydrogens (tertiary/aromatic N) is 3. The highest BCUT2D eigenvalue weighted by Gasteiger charge is 2.38. The van der Waals surface area contributed by atoms with E-state index >= 15 is 0 Å². The topological polar surface area (TPSA) is 64.4 Å². The molecule has 1 aromatic rings. The Kier molecular flexibility index (Phi) is 4.52. The van der Waals surface area contributed by atoms with E-state index in [2.05, 4.69) is 30.9 Å². The van der Waals surface area contributed by atoms with Gasteiger partial charge in [-0.3, -0.25) is 14.5 Å². The highest BCUT2D eigenvalue weighted by atomic mass is 16.2. The second-order valence-electron chi connectivity index (χ2n) is 7.32. The zero-order chi connectivity index (χ0) is 19.9. The minimum absolute atomic E-state index is 0.0478. The monoisotopic (exact) mass is 361 g/mol. The number of rotatable bonds is 2. The van der Waals surface area contributed by atoms with Gasteiger partial charge in [0.25, 0.3) is 11.8 Å². The standard InChI is InChI=1S/C22H23N3O2/c1-6-14-15(20(26)25(5)21(27)16(14)13-23)11-12-19-22(2,3)17-9-7-8-10-18(17)24(19)4/h7-12H,6H2,1-5H3. The fraction of sp³-hybridized carbons (Fsp3) is 0.318. The molecule has 27 heavy (non-hydrogen) atoms. The Balaban J connectivity index is 2.14. The van der Waals surface area contributed by atoms with Crippen LogP contribution in [0.25, 0.3) is 0 Å². The van der Waals surface area contributed by atoms with Crippen LogP contribution in [0.3, 0.4) is 0 Å². The largest absolute Gasteiger partial charge is 0.347 e. The summed E-state index contributed by atoms with van der Waals surface area (Å²) in [6.07, 6.45) is 4.13. The van der Waals surface area contributed by atoms with E-state index in [0.717, 1.165) is 16.3 Å². The van der Waals surface area contributed by atoms with Crippen molar-refractivity contribution in [2.45, 2.75) is 32.6 Å². The van der Waals surface area contributed by atoms with Crippen molar-refractivity contribution in [1.82, 2.24) is 4.90 Å². The molecule has 0 atom stereocenters. The number of carbonyl (C=O) groups is 2. The number of hydrogen-bond donors (Lipinski definition) is 0. The molecule has 2 heterocycles. The lowest BCUT2D eigenvalue weighted by atomic mass is 9.83. The predicted molar refractivity (Wildman–Crippen MR) is 105 cm³/mol. The molecule has 1 aromatic carbocycles. The molecule has 2 aliphatic rings. The zero-order valence-corrected chi connectivity index (χ0v) is 16.3. The minimum Gasteiger partial charge on any atom is -0.347 e. The molecule has 2 aliphatic heterocycles. The van der Waals surface area contributed by atoms with Gasteiger partial charge in [0.1, 0.15) is 11.6 Å². The van der Waals surface area contributed by atoms with E-state index in [1.807, 2.05) is 38.2 Å². The van der Waals surface area contributed by atoms with Crippen LogP contribution in [0.5, 0.6) is 0 Å². The molecule has 0 saturated carbocycles. The lowest BCUT2D eigenvalue weighted by Gasteiger charge is -2.26. The first-order valence-electron chi connectivity index (χ1n) is 8.97. The van der Waals surface area contributed by atoms with Crippen molar-refractivity contribution in [2.75, 3.05) is 19.0 Å². The molecule has 0 fully saturated rings. The molecule has 0 unspecified atom stereocenters. The van der Waals surface area contributed by atoms with Gasteiger partial charge in [-0.2, -0.15) is 5.26 Å². The second-order valence-corrected chi connectivity index (χ2v) is 7.32. The van der Waals surface area contributed by atoms with Crippen molar-refractivity contribution in [3.05, 3.63) is 64.4 Å². The molecule has 5 heteroatoms. The Morgan fingerprint density at radius 2 is 1.74 bits per heavy atom. The lowest BCUT2D eigenvalue weighted by molar-refractivity contribution is -0.138. The Bertz CT molecular complexity index is 974. The first-order valence-corrected chi connectivity index (χ1v) is 8.97. The van der Waals surface area contributed by atoms with Crippen molar-refractivity contribution in [3.8, 4) is 6.07 Å². The van der Waals surface area contributed by atoms with Crippen LogP contribution in [-0.2, 0) is 15.0 Å². The first kappa shape index (κ1) is 18.7. The molecular formula is C22H23N3O2. The highest BCUT2D eigenvalue weighted by molar-refractivity contribution is 6.18. The third kappa shape index (κ3) is 2.69. The predicted octanol–water partition coefficient (Wildman–Crippen LogP) is 3.45. The molecule has 2 amide bonds. The molecule has 0 aliphatic carbocycles. The third-order valence-corrected chi connectivity index (χ3v) is 5.49. The van der Waals surface area contributed by atoms with Crippen LogP contribution >= 0.6 is 0 Å². The van der Waals surface area contributed by atoms with E-state index in [-0.39, 0.29) is 16.9 Å². The van der Waals surface area contributed by atoms with Gasteiger partial charge in [-0.25, -0.2) is 0 Å². The number of imide groups is 1. The highest BCUT2D eigenvalue weighted by Crippen LogP contribution is 2.46. The van der Waals surface area contributed by atoms with Gasteiger partial charge in [-0.05, 0) is 35.8 Å².